The van der Waals surface area contributed by atoms with Gasteiger partial charge in [-0.3, -0.25) is 4.79 Å². The Balaban J connectivity index is 1.79. The summed E-state index contributed by atoms with van der Waals surface area (Å²) in [6.45, 7) is 2.00. The van der Waals surface area contributed by atoms with E-state index in [0.717, 1.165) is 33.4 Å². The largest absolute Gasteiger partial charge is 0.289 e. The number of rotatable bonds is 4. The van der Waals surface area contributed by atoms with Crippen molar-refractivity contribution in [2.75, 3.05) is 0 Å². The number of benzene rings is 4. The van der Waals surface area contributed by atoms with E-state index in [1.165, 1.54) is 0 Å². The molecule has 0 saturated heterocycles. The number of nitrogens with zero attached hydrogens (tertiary/aromatic N) is 2. The van der Waals surface area contributed by atoms with Crippen molar-refractivity contribution >= 4 is 16.8 Å². The van der Waals surface area contributed by atoms with Crippen molar-refractivity contribution in [3.8, 4) is 22.5 Å². The molecule has 0 radical (unpaired) electrons. The quantitative estimate of drug-likeness (QED) is 0.323. The fourth-order valence-corrected chi connectivity index (χ4v) is 3.78. The van der Waals surface area contributed by atoms with Gasteiger partial charge in [0.2, 0.25) is 0 Å². The fraction of sp³-hybridized carbons (Fsp3) is 0.0357. The number of carbonyl (C=O) groups excluding carboxylic acids is 1. The summed E-state index contributed by atoms with van der Waals surface area (Å²) in [6, 6.07) is 33.1. The topological polar surface area (TPSA) is 42.9 Å². The fourth-order valence-electron chi connectivity index (χ4n) is 3.78. The van der Waals surface area contributed by atoms with Crippen LogP contribution < -0.4 is 0 Å². The summed E-state index contributed by atoms with van der Waals surface area (Å²) >= 11 is 0. The second kappa shape index (κ2) is 7.96. The van der Waals surface area contributed by atoms with Gasteiger partial charge >= 0.3 is 0 Å². The van der Waals surface area contributed by atoms with E-state index in [1.807, 2.05) is 110 Å². The summed E-state index contributed by atoms with van der Waals surface area (Å²) in [5.74, 6) is -0.0201. The lowest BCUT2D eigenvalue weighted by Crippen LogP contribution is -2.06. The van der Waals surface area contributed by atoms with E-state index in [-0.39, 0.29) is 5.78 Å². The van der Waals surface area contributed by atoms with Gasteiger partial charge in [-0.1, -0.05) is 90.5 Å². The number of ketones is 1. The standard InChI is InChI=1S/C28H20N2O/c1-19-16-17-22(23(18-19)28(31)21-12-6-3-7-13-21)27-26(20-10-4-2-5-11-20)29-24-14-8-9-15-25(24)30-27/h2-18H,1H3. The van der Waals surface area contributed by atoms with Crippen LogP contribution in [0.15, 0.2) is 103 Å². The van der Waals surface area contributed by atoms with Crippen molar-refractivity contribution in [2.24, 2.45) is 0 Å². The van der Waals surface area contributed by atoms with E-state index in [9.17, 15) is 4.79 Å². The van der Waals surface area contributed by atoms with Crippen LogP contribution in [0.25, 0.3) is 33.5 Å². The molecule has 3 heteroatoms. The van der Waals surface area contributed by atoms with Crippen molar-refractivity contribution in [1.82, 2.24) is 9.97 Å². The summed E-state index contributed by atoms with van der Waals surface area (Å²) in [5, 5.41) is 0. The second-order valence-corrected chi connectivity index (χ2v) is 7.52. The predicted octanol–water partition coefficient (Wildman–Crippen LogP) is 6.50. The molecular formula is C28H20N2O. The lowest BCUT2D eigenvalue weighted by molar-refractivity contribution is 0.103. The summed E-state index contributed by atoms with van der Waals surface area (Å²) in [5.41, 5.74) is 7.18. The molecule has 4 aromatic carbocycles. The molecule has 3 nitrogen and oxygen atoms in total. The number of carbonyl (C=O) groups is 1. The normalized spacial score (nSPS) is 10.9. The van der Waals surface area contributed by atoms with Crippen LogP contribution in [0.3, 0.4) is 0 Å². The number of hydrogen-bond donors (Lipinski definition) is 0. The molecule has 0 bridgehead atoms. The van der Waals surface area contributed by atoms with Gasteiger partial charge in [-0.15, -0.1) is 0 Å². The number of para-hydroxylation sites is 2. The zero-order valence-electron chi connectivity index (χ0n) is 17.1. The van der Waals surface area contributed by atoms with Gasteiger partial charge in [-0.2, -0.15) is 0 Å². The molecular weight excluding hydrogens is 380 g/mol. The monoisotopic (exact) mass is 400 g/mol. The van der Waals surface area contributed by atoms with E-state index in [4.69, 9.17) is 9.97 Å². The Labute approximate surface area is 181 Å². The van der Waals surface area contributed by atoms with Crippen molar-refractivity contribution in [3.05, 3.63) is 120 Å². The second-order valence-electron chi connectivity index (χ2n) is 7.52. The van der Waals surface area contributed by atoms with Crippen LogP contribution in [0, 0.1) is 6.92 Å². The number of hydrogen-bond acceptors (Lipinski definition) is 3. The first-order valence-electron chi connectivity index (χ1n) is 10.2. The van der Waals surface area contributed by atoms with Crippen molar-refractivity contribution in [1.29, 1.82) is 0 Å². The maximum atomic E-state index is 13.5. The summed E-state index contributed by atoms with van der Waals surface area (Å²) < 4.78 is 0. The first-order chi connectivity index (χ1) is 15.2. The molecule has 0 unspecified atom stereocenters. The van der Waals surface area contributed by atoms with Crippen LogP contribution in [-0.2, 0) is 0 Å². The minimum Gasteiger partial charge on any atom is -0.289 e. The lowest BCUT2D eigenvalue weighted by Gasteiger charge is -2.14. The SMILES string of the molecule is Cc1ccc(-c2nc3ccccc3nc2-c2ccccc2)c(C(=O)c2ccccc2)c1. The molecule has 5 rings (SSSR count). The Morgan fingerprint density at radius 1 is 0.645 bits per heavy atom. The van der Waals surface area contributed by atoms with Gasteiger partial charge < -0.3 is 0 Å². The van der Waals surface area contributed by atoms with Crippen molar-refractivity contribution in [3.63, 3.8) is 0 Å². The zero-order chi connectivity index (χ0) is 21.2. The maximum Gasteiger partial charge on any atom is 0.193 e. The first-order valence-corrected chi connectivity index (χ1v) is 10.2. The van der Waals surface area contributed by atoms with Gasteiger partial charge in [0.25, 0.3) is 0 Å². The van der Waals surface area contributed by atoms with Gasteiger partial charge in [0, 0.05) is 22.3 Å². The molecule has 31 heavy (non-hydrogen) atoms. The van der Waals surface area contributed by atoms with Crippen LogP contribution in [0.4, 0.5) is 0 Å². The lowest BCUT2D eigenvalue weighted by atomic mass is 9.93. The Kier molecular flexibility index (Phi) is 4.85. The van der Waals surface area contributed by atoms with Crippen molar-refractivity contribution < 1.29 is 4.79 Å². The zero-order valence-corrected chi connectivity index (χ0v) is 17.1. The van der Waals surface area contributed by atoms with Crippen molar-refractivity contribution in [2.45, 2.75) is 6.92 Å². The predicted molar refractivity (Wildman–Crippen MR) is 125 cm³/mol. The van der Waals surface area contributed by atoms with Crippen LogP contribution in [0.1, 0.15) is 21.5 Å². The highest BCUT2D eigenvalue weighted by Gasteiger charge is 2.20. The highest BCUT2D eigenvalue weighted by molar-refractivity contribution is 6.13. The highest BCUT2D eigenvalue weighted by Crippen LogP contribution is 2.34. The molecule has 0 aliphatic rings. The summed E-state index contributed by atoms with van der Waals surface area (Å²) in [7, 11) is 0. The average Bonchev–Trinajstić information content (AvgIpc) is 2.84. The van der Waals surface area contributed by atoms with Crippen LogP contribution >= 0.6 is 0 Å². The molecule has 1 aromatic heterocycles. The molecule has 0 atom stereocenters. The number of aromatic nitrogens is 2. The number of fused-ring (bicyclic) bond motifs is 1. The third-order valence-electron chi connectivity index (χ3n) is 5.33. The van der Waals surface area contributed by atoms with Crippen LogP contribution in [-0.4, -0.2) is 15.8 Å². The van der Waals surface area contributed by atoms with Gasteiger partial charge in [0.05, 0.1) is 22.4 Å². The molecule has 0 N–H and O–H groups in total. The van der Waals surface area contributed by atoms with E-state index in [1.54, 1.807) is 0 Å². The minimum atomic E-state index is -0.0201. The molecule has 0 saturated carbocycles. The van der Waals surface area contributed by atoms with Crippen LogP contribution in [0.5, 0.6) is 0 Å². The third-order valence-corrected chi connectivity index (χ3v) is 5.33. The van der Waals surface area contributed by atoms with E-state index >= 15 is 0 Å². The molecule has 0 fully saturated rings. The Morgan fingerprint density at radius 3 is 1.90 bits per heavy atom. The maximum absolute atomic E-state index is 13.5. The number of aryl methyl sites for hydroxylation is 1. The molecule has 0 spiro atoms. The molecule has 148 valence electrons. The molecule has 0 aliphatic carbocycles. The van der Waals surface area contributed by atoms with E-state index in [2.05, 4.69) is 0 Å². The third kappa shape index (κ3) is 3.62. The molecule has 0 aliphatic heterocycles. The minimum absolute atomic E-state index is 0.0201. The average molecular weight is 400 g/mol. The Hall–Kier alpha value is -4.11. The van der Waals surface area contributed by atoms with Crippen LogP contribution in [0.2, 0.25) is 0 Å². The Morgan fingerprint density at radius 2 is 1.23 bits per heavy atom. The Bertz CT molecular complexity index is 1390. The van der Waals surface area contributed by atoms with E-state index in [0.29, 0.717) is 16.8 Å². The first kappa shape index (κ1) is 18.9. The molecule has 1 heterocycles. The highest BCUT2D eigenvalue weighted by atomic mass is 16.1. The molecule has 5 aromatic rings. The van der Waals surface area contributed by atoms with Gasteiger partial charge in [-0.05, 0) is 25.1 Å². The van der Waals surface area contributed by atoms with E-state index < -0.39 is 0 Å². The summed E-state index contributed by atoms with van der Waals surface area (Å²) in [6.07, 6.45) is 0. The smallest absolute Gasteiger partial charge is 0.193 e. The van der Waals surface area contributed by atoms with Gasteiger partial charge in [0.15, 0.2) is 5.78 Å². The van der Waals surface area contributed by atoms with Gasteiger partial charge in [-0.25, -0.2) is 9.97 Å². The summed E-state index contributed by atoms with van der Waals surface area (Å²) in [4.78, 5) is 23.4. The molecule has 0 amide bonds. The van der Waals surface area contributed by atoms with Gasteiger partial charge in [0.1, 0.15) is 0 Å².